The highest BCUT2D eigenvalue weighted by Gasteiger charge is 2.22. The van der Waals surface area contributed by atoms with Gasteiger partial charge in [0.25, 0.3) is 0 Å². The monoisotopic (exact) mass is 852 g/mol. The van der Waals surface area contributed by atoms with Gasteiger partial charge in [-0.05, 0) is 132 Å². The highest BCUT2D eigenvalue weighted by atomic mass is 19.1. The summed E-state index contributed by atoms with van der Waals surface area (Å²) >= 11 is 0. The molecule has 0 radical (unpaired) electrons. The van der Waals surface area contributed by atoms with E-state index in [1.807, 2.05) is 24.3 Å². The summed E-state index contributed by atoms with van der Waals surface area (Å²) in [5.41, 5.74) is 14.1. The topological polar surface area (TPSA) is 87.2 Å². The summed E-state index contributed by atoms with van der Waals surface area (Å²) < 4.78 is 33.3. The summed E-state index contributed by atoms with van der Waals surface area (Å²) in [5.74, 6) is 5.15. The highest BCUT2D eigenvalue weighted by molar-refractivity contribution is 6.27. The van der Waals surface area contributed by atoms with Gasteiger partial charge < -0.3 is 23.8 Å². The van der Waals surface area contributed by atoms with Crippen molar-refractivity contribution in [3.63, 3.8) is 0 Å². The van der Waals surface area contributed by atoms with Crippen LogP contribution in [0.25, 0.3) is 67.5 Å². The molecule has 0 saturated heterocycles. The molecule has 0 spiro atoms. The second-order valence-electron chi connectivity index (χ2n) is 15.1. The minimum absolute atomic E-state index is 0.852. The minimum atomic E-state index is -3.17. The van der Waals surface area contributed by atoms with E-state index in [-0.39, 0.29) is 0 Å². The SMILES string of the molecule is CCc1ccc(-c2cc(-c3ccc(OC)cc3)cc(-c3ccc(CC)cc3)[o+]2)cc1.CCc1ccc(-c2cc(-c3ccc(OC)cc3)cc(-c3ccc(CC)cc3)[o+]2)cc1.[O-]B([O-])F. The second kappa shape index (κ2) is 23.0. The number of hydrogen-bond acceptors (Lipinski definition) is 4. The van der Waals surface area contributed by atoms with Gasteiger partial charge in [-0.25, -0.2) is 8.83 Å². The number of hydrogen-bond donors (Lipinski definition) is 0. The van der Waals surface area contributed by atoms with Crippen LogP contribution in [0.3, 0.4) is 0 Å². The van der Waals surface area contributed by atoms with Crippen LogP contribution in [-0.4, -0.2) is 21.6 Å². The molecule has 0 aliphatic carbocycles. The first-order valence-corrected chi connectivity index (χ1v) is 21.7. The van der Waals surface area contributed by atoms with Gasteiger partial charge in [-0.2, -0.15) is 0 Å². The normalized spacial score (nSPS) is 10.5. The van der Waals surface area contributed by atoms with Gasteiger partial charge in [0.2, 0.25) is 0 Å². The Labute approximate surface area is 377 Å². The Morgan fingerprint density at radius 2 is 0.562 bits per heavy atom. The van der Waals surface area contributed by atoms with Crippen LogP contribution in [0.5, 0.6) is 11.5 Å². The molecule has 0 aliphatic heterocycles. The van der Waals surface area contributed by atoms with E-state index >= 15 is 0 Å². The Bertz CT molecular complexity index is 2160. The molecule has 8 heteroatoms. The van der Waals surface area contributed by atoms with Gasteiger partial charge in [0, 0.05) is 11.1 Å². The third-order valence-corrected chi connectivity index (χ3v) is 11.0. The molecule has 2 heterocycles. The molecule has 6 nitrogen and oxygen atoms in total. The summed E-state index contributed by atoms with van der Waals surface area (Å²) in [6, 6.07) is 59.2. The summed E-state index contributed by atoms with van der Waals surface area (Å²) in [4.78, 5) is 0. The molecule has 0 unspecified atom stereocenters. The van der Waals surface area contributed by atoms with Crippen LogP contribution < -0.4 is 19.5 Å². The quantitative estimate of drug-likeness (QED) is 0.0899. The van der Waals surface area contributed by atoms with Gasteiger partial charge in [-0.1, -0.05) is 100 Å². The van der Waals surface area contributed by atoms with Crippen LogP contribution in [0.4, 0.5) is 4.32 Å². The van der Waals surface area contributed by atoms with E-state index in [4.69, 9.17) is 28.4 Å². The van der Waals surface area contributed by atoms with Crippen molar-refractivity contribution < 1.29 is 32.7 Å². The Morgan fingerprint density at radius 1 is 0.359 bits per heavy atom. The molecule has 0 atom stereocenters. The first kappa shape index (κ1) is 46.6. The summed E-state index contributed by atoms with van der Waals surface area (Å²) in [7, 11) is 0.207. The van der Waals surface area contributed by atoms with E-state index in [1.54, 1.807) is 14.2 Å². The highest BCUT2D eigenvalue weighted by Crippen LogP contribution is 2.36. The van der Waals surface area contributed by atoms with Crippen LogP contribution in [0.2, 0.25) is 0 Å². The van der Waals surface area contributed by atoms with Crippen molar-refractivity contribution in [1.29, 1.82) is 0 Å². The van der Waals surface area contributed by atoms with Crippen molar-refractivity contribution in [3.05, 3.63) is 192 Å². The lowest BCUT2D eigenvalue weighted by Crippen LogP contribution is -2.39. The zero-order chi connectivity index (χ0) is 45.4. The van der Waals surface area contributed by atoms with Gasteiger partial charge in [0.05, 0.1) is 60.7 Å². The van der Waals surface area contributed by atoms with Gasteiger partial charge in [-0.15, -0.1) is 0 Å². The smallest absolute Gasteiger partial charge is 0.361 e. The molecule has 0 amide bonds. The van der Waals surface area contributed by atoms with Crippen LogP contribution in [0, 0.1) is 0 Å². The summed E-state index contributed by atoms with van der Waals surface area (Å²) in [5, 5.41) is 16.6. The van der Waals surface area contributed by atoms with E-state index in [2.05, 4.69) is 173 Å². The Balaban J connectivity index is 0.000000196. The third-order valence-electron chi connectivity index (χ3n) is 11.0. The van der Waals surface area contributed by atoms with Crippen LogP contribution >= 0.6 is 0 Å². The third kappa shape index (κ3) is 12.6. The molecule has 64 heavy (non-hydrogen) atoms. The summed E-state index contributed by atoms with van der Waals surface area (Å²) in [6.45, 7) is 8.67. The van der Waals surface area contributed by atoms with E-state index in [0.29, 0.717) is 0 Å². The molecule has 0 N–H and O–H groups in total. The molecular formula is C56H54BFO6. The molecule has 0 aliphatic rings. The van der Waals surface area contributed by atoms with E-state index in [0.717, 1.165) is 105 Å². The predicted molar refractivity (Wildman–Crippen MR) is 256 cm³/mol. The standard InChI is InChI=1S/2C28H27O2.BFO2/c2*1-4-20-6-10-23(11-7-20)27-18-25(22-14-16-26(29-3)17-15-22)19-28(30-27)24-12-8-21(5-2)9-13-24;2-1(3)4/h2*6-19H,4-5H2,1-3H3;/q2*+1;-2. The molecule has 324 valence electrons. The van der Waals surface area contributed by atoms with Gasteiger partial charge >= 0.3 is 23.0 Å². The van der Waals surface area contributed by atoms with Gasteiger partial charge in [0.15, 0.2) is 0 Å². The maximum Gasteiger partial charge on any atom is 0.361 e. The van der Waals surface area contributed by atoms with Crippen LogP contribution in [0.15, 0.2) is 179 Å². The molecule has 6 aromatic carbocycles. The predicted octanol–water partition coefficient (Wildman–Crippen LogP) is 13.1. The average molecular weight is 853 g/mol. The Morgan fingerprint density at radius 3 is 0.750 bits per heavy atom. The molecule has 0 bridgehead atoms. The van der Waals surface area contributed by atoms with E-state index < -0.39 is 7.40 Å². The molecule has 8 rings (SSSR count). The first-order chi connectivity index (χ1) is 31.1. The van der Waals surface area contributed by atoms with Crippen LogP contribution in [0.1, 0.15) is 49.9 Å². The number of methoxy groups -OCH3 is 2. The lowest BCUT2D eigenvalue weighted by Gasteiger charge is -2.09. The number of rotatable bonds is 12. The van der Waals surface area contributed by atoms with Crippen molar-refractivity contribution in [2.45, 2.75) is 53.4 Å². The molecular weight excluding hydrogens is 798 g/mol. The van der Waals surface area contributed by atoms with Gasteiger partial charge in [-0.3, -0.25) is 0 Å². The lowest BCUT2D eigenvalue weighted by molar-refractivity contribution is -0.366. The first-order valence-electron chi connectivity index (χ1n) is 21.7. The van der Waals surface area contributed by atoms with Crippen LogP contribution in [-0.2, 0) is 25.7 Å². The van der Waals surface area contributed by atoms with E-state index in [9.17, 15) is 4.32 Å². The number of ether oxygens (including phenoxy) is 2. The molecule has 8 aromatic rings. The van der Waals surface area contributed by atoms with Crippen molar-refractivity contribution in [3.8, 4) is 79.0 Å². The number of halogens is 1. The zero-order valence-electron chi connectivity index (χ0n) is 37.4. The fraction of sp³-hybridized carbons (Fsp3) is 0.179. The fourth-order valence-corrected chi connectivity index (χ4v) is 7.09. The second-order valence-corrected chi connectivity index (χ2v) is 15.1. The minimum Gasteiger partial charge on any atom is -0.867 e. The molecule has 0 fully saturated rings. The maximum atomic E-state index is 9.89. The number of benzene rings is 6. The largest absolute Gasteiger partial charge is 0.867 e. The van der Waals surface area contributed by atoms with Gasteiger partial charge in [0.1, 0.15) is 18.9 Å². The lowest BCUT2D eigenvalue weighted by atomic mass is 10.0. The van der Waals surface area contributed by atoms with Crippen molar-refractivity contribution in [1.82, 2.24) is 0 Å². The maximum absolute atomic E-state index is 9.89. The van der Waals surface area contributed by atoms with Crippen molar-refractivity contribution in [2.24, 2.45) is 0 Å². The molecule has 0 saturated carbocycles. The van der Waals surface area contributed by atoms with Crippen molar-refractivity contribution >= 4 is 7.40 Å². The summed E-state index contributed by atoms with van der Waals surface area (Å²) in [6.07, 6.45) is 4.10. The Hall–Kier alpha value is -6.87. The van der Waals surface area contributed by atoms with Crippen molar-refractivity contribution in [2.75, 3.05) is 14.2 Å². The fourth-order valence-electron chi connectivity index (χ4n) is 7.09. The average Bonchev–Trinajstić information content (AvgIpc) is 3.36. The van der Waals surface area contributed by atoms with E-state index in [1.165, 1.54) is 22.3 Å². The Kier molecular flexibility index (Phi) is 16.8. The number of aryl methyl sites for hydroxylation is 4. The zero-order valence-corrected chi connectivity index (χ0v) is 37.4. The molecule has 2 aromatic heterocycles.